The molecule has 2 aromatic carbocycles. The van der Waals surface area contributed by atoms with Crippen LogP contribution in [-0.4, -0.2) is 11.0 Å². The number of hydrogen-bond acceptors (Lipinski definition) is 2. The van der Waals surface area contributed by atoms with E-state index in [1.165, 1.54) is 0 Å². The second kappa shape index (κ2) is 4.82. The normalized spacial score (nSPS) is 20.9. The van der Waals surface area contributed by atoms with Crippen LogP contribution < -0.4 is 4.90 Å². The molecule has 1 N–H and O–H groups in total. The highest BCUT2D eigenvalue weighted by atomic mass is 16.3. The number of anilines is 2. The largest absolute Gasteiger partial charge is 0.375 e. The van der Waals surface area contributed by atoms with Gasteiger partial charge in [0, 0.05) is 16.7 Å². The molecule has 0 spiro atoms. The van der Waals surface area contributed by atoms with Gasteiger partial charge < -0.3 is 5.11 Å². The first kappa shape index (κ1) is 14.5. The van der Waals surface area contributed by atoms with Crippen LogP contribution in [0.5, 0.6) is 0 Å². The van der Waals surface area contributed by atoms with E-state index in [0.717, 1.165) is 11.4 Å². The minimum atomic E-state index is -1.62. The summed E-state index contributed by atoms with van der Waals surface area (Å²) in [5.74, 6) is -0.343. The summed E-state index contributed by atoms with van der Waals surface area (Å²) < 4.78 is 0. The van der Waals surface area contributed by atoms with Crippen molar-refractivity contribution in [3.8, 4) is 0 Å². The van der Waals surface area contributed by atoms with Crippen LogP contribution in [0.4, 0.5) is 11.4 Å². The lowest BCUT2D eigenvalue weighted by molar-refractivity contribution is -0.145. The fraction of sp³-hybridized carbons (Fsp3) is 0.211. The molecule has 3 heteroatoms. The maximum Gasteiger partial charge on any atom is 0.269 e. The van der Waals surface area contributed by atoms with Crippen molar-refractivity contribution in [2.45, 2.75) is 19.4 Å². The molecule has 112 valence electrons. The third-order valence-electron chi connectivity index (χ3n) is 4.50. The van der Waals surface area contributed by atoms with E-state index in [9.17, 15) is 9.90 Å². The molecular weight excluding hydrogens is 274 g/mol. The van der Waals surface area contributed by atoms with Crippen molar-refractivity contribution >= 4 is 17.3 Å². The lowest BCUT2D eigenvalue weighted by Crippen LogP contribution is -2.48. The van der Waals surface area contributed by atoms with Gasteiger partial charge in [0.05, 0.1) is 5.69 Å². The standard InChI is InChI=1S/C19H19NO2/c1-4-18(2,3)19(22)15-12-8-9-13-16(15)20(17(19)21)14-10-6-5-7-11-14/h4-13,22H,1H2,2-3H3. The first-order valence-electron chi connectivity index (χ1n) is 7.28. The smallest absolute Gasteiger partial charge is 0.269 e. The van der Waals surface area contributed by atoms with Gasteiger partial charge in [-0.05, 0) is 18.2 Å². The van der Waals surface area contributed by atoms with Gasteiger partial charge in [0.1, 0.15) is 0 Å². The lowest BCUT2D eigenvalue weighted by Gasteiger charge is -2.36. The van der Waals surface area contributed by atoms with Gasteiger partial charge >= 0.3 is 0 Å². The zero-order chi connectivity index (χ0) is 16.0. The molecule has 0 fully saturated rings. The summed E-state index contributed by atoms with van der Waals surface area (Å²) in [5, 5.41) is 11.3. The van der Waals surface area contributed by atoms with Gasteiger partial charge in [0.15, 0.2) is 5.60 Å². The van der Waals surface area contributed by atoms with Crippen LogP contribution in [0.15, 0.2) is 67.3 Å². The Hall–Kier alpha value is -2.39. The molecule has 2 aromatic rings. The van der Waals surface area contributed by atoms with Gasteiger partial charge in [-0.25, -0.2) is 0 Å². The van der Waals surface area contributed by atoms with E-state index in [0.29, 0.717) is 5.56 Å². The summed E-state index contributed by atoms with van der Waals surface area (Å²) in [4.78, 5) is 14.7. The van der Waals surface area contributed by atoms with Gasteiger partial charge in [-0.3, -0.25) is 9.69 Å². The summed E-state index contributed by atoms with van der Waals surface area (Å²) in [7, 11) is 0. The molecule has 1 aliphatic heterocycles. The Morgan fingerprint density at radius 1 is 1.09 bits per heavy atom. The van der Waals surface area contributed by atoms with Crippen molar-refractivity contribution in [1.29, 1.82) is 0 Å². The van der Waals surface area contributed by atoms with Gasteiger partial charge in [-0.2, -0.15) is 0 Å². The van der Waals surface area contributed by atoms with Crippen molar-refractivity contribution in [2.24, 2.45) is 5.41 Å². The highest BCUT2D eigenvalue weighted by Gasteiger charge is 2.57. The number of amides is 1. The van der Waals surface area contributed by atoms with Crippen molar-refractivity contribution in [1.82, 2.24) is 0 Å². The van der Waals surface area contributed by atoms with Gasteiger partial charge in [-0.15, -0.1) is 6.58 Å². The lowest BCUT2D eigenvalue weighted by atomic mass is 9.71. The van der Waals surface area contributed by atoms with Crippen LogP contribution in [0.1, 0.15) is 19.4 Å². The Labute approximate surface area is 130 Å². The molecule has 3 nitrogen and oxygen atoms in total. The number of para-hydroxylation sites is 2. The first-order chi connectivity index (χ1) is 10.4. The summed E-state index contributed by atoms with van der Waals surface area (Å²) in [6.45, 7) is 7.44. The SMILES string of the molecule is C=CC(C)(C)C1(O)C(=O)N(c2ccccc2)c2ccccc21. The molecular formula is C19H19NO2. The van der Waals surface area contributed by atoms with Crippen LogP contribution in [0, 0.1) is 5.41 Å². The fourth-order valence-electron chi connectivity index (χ4n) is 2.96. The Balaban J connectivity index is 2.26. The predicted molar refractivity (Wildman–Crippen MR) is 87.9 cm³/mol. The molecule has 1 aliphatic rings. The highest BCUT2D eigenvalue weighted by molar-refractivity contribution is 6.12. The zero-order valence-corrected chi connectivity index (χ0v) is 12.8. The quantitative estimate of drug-likeness (QED) is 0.875. The second-order valence-corrected chi connectivity index (χ2v) is 6.13. The minimum absolute atomic E-state index is 0.343. The Bertz CT molecular complexity index is 736. The van der Waals surface area contributed by atoms with Crippen LogP contribution in [0.3, 0.4) is 0 Å². The van der Waals surface area contributed by atoms with E-state index in [-0.39, 0.29) is 5.91 Å². The predicted octanol–water partition coefficient (Wildman–Crippen LogP) is 3.76. The molecule has 0 saturated carbocycles. The highest BCUT2D eigenvalue weighted by Crippen LogP contribution is 2.52. The van der Waals surface area contributed by atoms with E-state index < -0.39 is 11.0 Å². The third-order valence-corrected chi connectivity index (χ3v) is 4.50. The number of fused-ring (bicyclic) bond motifs is 1. The van der Waals surface area contributed by atoms with E-state index in [2.05, 4.69) is 6.58 Å². The molecule has 0 bridgehead atoms. The summed E-state index contributed by atoms with van der Waals surface area (Å²) in [6.07, 6.45) is 1.64. The Morgan fingerprint density at radius 2 is 1.68 bits per heavy atom. The molecule has 1 heterocycles. The molecule has 3 rings (SSSR count). The van der Waals surface area contributed by atoms with E-state index in [4.69, 9.17) is 0 Å². The summed E-state index contributed by atoms with van der Waals surface area (Å²) in [5.41, 5.74) is -0.328. The molecule has 0 radical (unpaired) electrons. The van der Waals surface area contributed by atoms with Crippen molar-refractivity contribution in [3.05, 3.63) is 72.8 Å². The number of carbonyl (C=O) groups is 1. The number of benzene rings is 2. The molecule has 1 atom stereocenters. The average Bonchev–Trinajstić information content (AvgIpc) is 2.78. The minimum Gasteiger partial charge on any atom is -0.375 e. The molecule has 0 aliphatic carbocycles. The zero-order valence-electron chi connectivity index (χ0n) is 12.8. The van der Waals surface area contributed by atoms with E-state index >= 15 is 0 Å². The average molecular weight is 293 g/mol. The van der Waals surface area contributed by atoms with Crippen LogP contribution >= 0.6 is 0 Å². The summed E-state index contributed by atoms with van der Waals surface area (Å²) in [6, 6.07) is 16.7. The Kier molecular flexibility index (Phi) is 3.18. The molecule has 0 aromatic heterocycles. The van der Waals surface area contributed by atoms with Crippen LogP contribution in [0.25, 0.3) is 0 Å². The number of hydrogen-bond donors (Lipinski definition) is 1. The third kappa shape index (κ3) is 1.76. The second-order valence-electron chi connectivity index (χ2n) is 6.13. The van der Waals surface area contributed by atoms with Crippen molar-refractivity contribution < 1.29 is 9.90 Å². The number of carbonyl (C=O) groups excluding carboxylic acids is 1. The summed E-state index contributed by atoms with van der Waals surface area (Å²) >= 11 is 0. The number of nitrogens with zero attached hydrogens (tertiary/aromatic N) is 1. The topological polar surface area (TPSA) is 40.5 Å². The number of rotatable bonds is 3. The Morgan fingerprint density at radius 3 is 2.32 bits per heavy atom. The molecule has 0 saturated heterocycles. The molecule has 1 amide bonds. The molecule has 1 unspecified atom stereocenters. The van der Waals surface area contributed by atoms with Gasteiger partial charge in [-0.1, -0.05) is 56.3 Å². The van der Waals surface area contributed by atoms with Crippen molar-refractivity contribution in [2.75, 3.05) is 4.90 Å². The maximum atomic E-state index is 13.1. The van der Waals surface area contributed by atoms with Gasteiger partial charge in [0.25, 0.3) is 5.91 Å². The first-order valence-corrected chi connectivity index (χ1v) is 7.28. The van der Waals surface area contributed by atoms with Gasteiger partial charge in [0.2, 0.25) is 0 Å². The fourth-order valence-corrected chi connectivity index (χ4v) is 2.96. The maximum absolute atomic E-state index is 13.1. The van der Waals surface area contributed by atoms with E-state index in [1.54, 1.807) is 17.0 Å². The van der Waals surface area contributed by atoms with Crippen LogP contribution in [-0.2, 0) is 10.4 Å². The molecule has 22 heavy (non-hydrogen) atoms. The monoisotopic (exact) mass is 293 g/mol. The number of aliphatic hydroxyl groups is 1. The van der Waals surface area contributed by atoms with E-state index in [1.807, 2.05) is 62.4 Å². The van der Waals surface area contributed by atoms with Crippen LogP contribution in [0.2, 0.25) is 0 Å². The van der Waals surface area contributed by atoms with Crippen molar-refractivity contribution in [3.63, 3.8) is 0 Å².